The first-order valence-electron chi connectivity index (χ1n) is 7.11. The zero-order valence-electron chi connectivity index (χ0n) is 11.6. The molecule has 0 amide bonds. The molecule has 3 rings (SSSR count). The van der Waals surface area contributed by atoms with Gasteiger partial charge in [0.25, 0.3) is 0 Å². The summed E-state index contributed by atoms with van der Waals surface area (Å²) in [6, 6.07) is 7.83. The first-order valence-corrected chi connectivity index (χ1v) is 7.99. The van der Waals surface area contributed by atoms with E-state index in [0.29, 0.717) is 12.1 Å². The number of hydrogen-bond donors (Lipinski definition) is 1. The van der Waals surface area contributed by atoms with Crippen molar-refractivity contribution in [1.29, 1.82) is 0 Å². The molecular formula is C15H21N3S. The molecule has 0 bridgehead atoms. The molecule has 0 spiro atoms. The monoisotopic (exact) mass is 275 g/mol. The summed E-state index contributed by atoms with van der Waals surface area (Å²) >= 11 is 1.72. The minimum absolute atomic E-state index is 0.554. The molecule has 1 N–H and O–H groups in total. The van der Waals surface area contributed by atoms with Crippen LogP contribution in [0.4, 0.5) is 5.69 Å². The van der Waals surface area contributed by atoms with Crippen LogP contribution in [0.25, 0.3) is 10.2 Å². The second kappa shape index (κ2) is 5.47. The fraction of sp³-hybridized carbons (Fsp3) is 0.533. The second-order valence-corrected chi connectivity index (χ2v) is 6.29. The van der Waals surface area contributed by atoms with Crippen molar-refractivity contribution in [2.75, 3.05) is 18.0 Å². The Morgan fingerprint density at radius 2 is 2.37 bits per heavy atom. The van der Waals surface area contributed by atoms with E-state index in [-0.39, 0.29) is 0 Å². The number of piperazine rings is 1. The van der Waals surface area contributed by atoms with E-state index in [1.165, 1.54) is 23.2 Å². The quantitative estimate of drug-likeness (QED) is 0.932. The van der Waals surface area contributed by atoms with Gasteiger partial charge in [0.15, 0.2) is 0 Å². The van der Waals surface area contributed by atoms with Crippen LogP contribution in [-0.2, 0) is 0 Å². The predicted molar refractivity (Wildman–Crippen MR) is 83.1 cm³/mol. The van der Waals surface area contributed by atoms with Gasteiger partial charge in [-0.25, -0.2) is 4.98 Å². The number of aromatic nitrogens is 1. The van der Waals surface area contributed by atoms with E-state index in [1.54, 1.807) is 11.3 Å². The zero-order chi connectivity index (χ0) is 13.2. The van der Waals surface area contributed by atoms with Crippen LogP contribution < -0.4 is 10.2 Å². The van der Waals surface area contributed by atoms with E-state index in [9.17, 15) is 0 Å². The first kappa shape index (κ1) is 12.9. The van der Waals surface area contributed by atoms with E-state index in [0.717, 1.165) is 18.6 Å². The van der Waals surface area contributed by atoms with Crippen molar-refractivity contribution in [2.45, 2.75) is 38.8 Å². The van der Waals surface area contributed by atoms with Crippen LogP contribution in [0.5, 0.6) is 0 Å². The number of nitrogens with one attached hydrogen (secondary N) is 1. The number of nitrogens with zero attached hydrogens (tertiary/aromatic N) is 2. The molecule has 0 radical (unpaired) electrons. The summed E-state index contributed by atoms with van der Waals surface area (Å²) in [7, 11) is 0. The van der Waals surface area contributed by atoms with E-state index in [1.807, 2.05) is 5.51 Å². The molecule has 102 valence electrons. The summed E-state index contributed by atoms with van der Waals surface area (Å²) in [6.45, 7) is 6.74. The molecule has 1 aromatic heterocycles. The fourth-order valence-corrected chi connectivity index (χ4v) is 3.56. The molecule has 19 heavy (non-hydrogen) atoms. The topological polar surface area (TPSA) is 28.2 Å². The number of hydrogen-bond acceptors (Lipinski definition) is 4. The Morgan fingerprint density at radius 1 is 1.47 bits per heavy atom. The van der Waals surface area contributed by atoms with Gasteiger partial charge in [0.2, 0.25) is 0 Å². The van der Waals surface area contributed by atoms with Gasteiger partial charge >= 0.3 is 0 Å². The Labute approximate surface area is 118 Å². The number of fused-ring (bicyclic) bond motifs is 1. The number of rotatable bonds is 3. The van der Waals surface area contributed by atoms with Gasteiger partial charge in [0.1, 0.15) is 0 Å². The normalized spacial score (nSPS) is 24.0. The summed E-state index contributed by atoms with van der Waals surface area (Å²) in [5.41, 5.74) is 4.38. The second-order valence-electron chi connectivity index (χ2n) is 5.40. The Hall–Kier alpha value is -1.13. The van der Waals surface area contributed by atoms with Crippen molar-refractivity contribution in [3.8, 4) is 0 Å². The third kappa shape index (κ3) is 2.60. The summed E-state index contributed by atoms with van der Waals surface area (Å²) < 4.78 is 1.29. The Kier molecular flexibility index (Phi) is 3.71. The van der Waals surface area contributed by atoms with Crippen LogP contribution in [0.15, 0.2) is 23.7 Å². The highest BCUT2D eigenvalue weighted by molar-refractivity contribution is 7.16. The van der Waals surface area contributed by atoms with E-state index in [4.69, 9.17) is 0 Å². The molecule has 0 saturated carbocycles. The Bertz CT molecular complexity index is 551. The number of anilines is 1. The van der Waals surface area contributed by atoms with Crippen molar-refractivity contribution in [2.24, 2.45) is 0 Å². The molecular weight excluding hydrogens is 254 g/mol. The molecule has 1 aliphatic heterocycles. The van der Waals surface area contributed by atoms with Gasteiger partial charge in [-0.3, -0.25) is 0 Å². The Balaban J connectivity index is 1.85. The summed E-state index contributed by atoms with van der Waals surface area (Å²) in [4.78, 5) is 6.89. The summed E-state index contributed by atoms with van der Waals surface area (Å²) in [6.07, 6.45) is 2.50. The standard InChI is InChI=1S/C15H21N3S/c1-3-4-12-9-18(11(2)8-16-12)13-5-6-14-15(7-13)19-10-17-14/h5-7,10-12,16H,3-4,8-9H2,1-2H3. The van der Waals surface area contributed by atoms with Gasteiger partial charge in [0.05, 0.1) is 15.7 Å². The lowest BCUT2D eigenvalue weighted by molar-refractivity contribution is 0.386. The highest BCUT2D eigenvalue weighted by Crippen LogP contribution is 2.27. The van der Waals surface area contributed by atoms with Crippen LogP contribution in [0.1, 0.15) is 26.7 Å². The van der Waals surface area contributed by atoms with Gasteiger partial charge in [-0.2, -0.15) is 0 Å². The Morgan fingerprint density at radius 3 is 3.21 bits per heavy atom. The molecule has 1 saturated heterocycles. The van der Waals surface area contributed by atoms with Crippen molar-refractivity contribution in [1.82, 2.24) is 10.3 Å². The fourth-order valence-electron chi connectivity index (χ4n) is 2.85. The smallest absolute Gasteiger partial charge is 0.0813 e. The average molecular weight is 275 g/mol. The largest absolute Gasteiger partial charge is 0.366 e. The van der Waals surface area contributed by atoms with Crippen molar-refractivity contribution in [3.05, 3.63) is 23.7 Å². The lowest BCUT2D eigenvalue weighted by atomic mass is 10.0. The van der Waals surface area contributed by atoms with Crippen molar-refractivity contribution in [3.63, 3.8) is 0 Å². The van der Waals surface area contributed by atoms with Crippen LogP contribution in [0, 0.1) is 0 Å². The van der Waals surface area contributed by atoms with Crippen molar-refractivity contribution >= 4 is 27.2 Å². The minimum Gasteiger partial charge on any atom is -0.366 e. The molecule has 3 nitrogen and oxygen atoms in total. The predicted octanol–water partition coefficient (Wildman–Crippen LogP) is 3.26. The maximum Gasteiger partial charge on any atom is 0.0813 e. The van der Waals surface area contributed by atoms with E-state index >= 15 is 0 Å². The lowest BCUT2D eigenvalue weighted by Crippen LogP contribution is -2.55. The third-order valence-corrected chi connectivity index (χ3v) is 4.73. The van der Waals surface area contributed by atoms with Gasteiger partial charge in [-0.15, -0.1) is 11.3 Å². The van der Waals surface area contributed by atoms with Gasteiger partial charge in [0, 0.05) is 30.9 Å². The van der Waals surface area contributed by atoms with Crippen LogP contribution >= 0.6 is 11.3 Å². The first-order chi connectivity index (χ1) is 9.28. The number of thiazole rings is 1. The summed E-state index contributed by atoms with van der Waals surface area (Å²) in [5.74, 6) is 0. The maximum atomic E-state index is 4.36. The van der Waals surface area contributed by atoms with Crippen LogP contribution in [-0.4, -0.2) is 30.2 Å². The minimum atomic E-state index is 0.554. The third-order valence-electron chi connectivity index (χ3n) is 3.93. The highest BCUT2D eigenvalue weighted by atomic mass is 32.1. The maximum absolute atomic E-state index is 4.36. The molecule has 2 atom stereocenters. The molecule has 1 aliphatic rings. The highest BCUT2D eigenvalue weighted by Gasteiger charge is 2.24. The van der Waals surface area contributed by atoms with E-state index in [2.05, 4.69) is 47.2 Å². The molecule has 2 heterocycles. The average Bonchev–Trinajstić information content (AvgIpc) is 2.88. The molecule has 2 aromatic rings. The van der Waals surface area contributed by atoms with Crippen molar-refractivity contribution < 1.29 is 0 Å². The van der Waals surface area contributed by atoms with Crippen LogP contribution in [0.3, 0.4) is 0 Å². The molecule has 0 aliphatic carbocycles. The zero-order valence-corrected chi connectivity index (χ0v) is 12.4. The molecule has 2 unspecified atom stereocenters. The summed E-state index contributed by atoms with van der Waals surface area (Å²) in [5, 5.41) is 3.65. The van der Waals surface area contributed by atoms with Gasteiger partial charge < -0.3 is 10.2 Å². The lowest BCUT2D eigenvalue weighted by Gasteiger charge is -2.40. The SMILES string of the molecule is CCCC1CN(c2ccc3ncsc3c2)C(C)CN1. The molecule has 1 aromatic carbocycles. The van der Waals surface area contributed by atoms with Gasteiger partial charge in [-0.1, -0.05) is 13.3 Å². The molecule has 1 fully saturated rings. The van der Waals surface area contributed by atoms with Gasteiger partial charge in [-0.05, 0) is 31.5 Å². The molecule has 4 heteroatoms. The van der Waals surface area contributed by atoms with Crippen LogP contribution in [0.2, 0.25) is 0 Å². The van der Waals surface area contributed by atoms with E-state index < -0.39 is 0 Å². The number of benzene rings is 1.